The molecule has 4 saturated carbocycles. The first kappa shape index (κ1) is 40.8. The highest BCUT2D eigenvalue weighted by Crippen LogP contribution is 2.47. The molecular weight excluding hydrogens is 809 g/mol. The number of fused-ring (bicyclic) bond motifs is 3. The van der Waals surface area contributed by atoms with Crippen LogP contribution in [0.2, 0.25) is 0 Å². The van der Waals surface area contributed by atoms with Crippen LogP contribution in [-0.4, -0.2) is 102 Å². The van der Waals surface area contributed by atoms with Gasteiger partial charge in [-0.15, -0.1) is 11.3 Å². The maximum atomic E-state index is 14.8. The van der Waals surface area contributed by atoms with Crippen molar-refractivity contribution in [2.45, 2.75) is 131 Å². The molecule has 0 bridgehead atoms. The molecule has 0 spiro atoms. The monoisotopic (exact) mass is 860 g/mol. The highest BCUT2D eigenvalue weighted by Gasteiger charge is 2.62. The largest absolute Gasteiger partial charge is 0.496 e. The second kappa shape index (κ2) is 15.7. The lowest BCUT2D eigenvalue weighted by Crippen LogP contribution is -2.58. The topological polar surface area (TPSA) is 195 Å². The number of nitrogens with one attached hydrogen (secondary N) is 3. The van der Waals surface area contributed by atoms with Crippen molar-refractivity contribution in [3.05, 3.63) is 47.0 Å². The Bertz CT molecular complexity index is 2370. The van der Waals surface area contributed by atoms with Gasteiger partial charge in [-0.25, -0.2) is 18.4 Å². The van der Waals surface area contributed by atoms with Crippen molar-refractivity contribution in [1.29, 1.82) is 0 Å². The maximum absolute atomic E-state index is 14.8. The van der Waals surface area contributed by atoms with Crippen molar-refractivity contribution in [2.24, 2.45) is 5.92 Å². The Hall–Kier alpha value is -4.61. The molecule has 1 aromatic carbocycles. The average Bonchev–Trinajstić information content (AvgIpc) is 4.04. The van der Waals surface area contributed by atoms with Gasteiger partial charge in [-0.1, -0.05) is 25.0 Å². The summed E-state index contributed by atoms with van der Waals surface area (Å²) in [4.78, 5) is 68.3. The van der Waals surface area contributed by atoms with Crippen LogP contribution in [-0.2, 0) is 33.9 Å². The number of hydrogen-bond acceptors (Lipinski definition) is 12. The van der Waals surface area contributed by atoms with E-state index in [9.17, 15) is 27.6 Å². The molecule has 2 aliphatic heterocycles. The van der Waals surface area contributed by atoms with Crippen LogP contribution < -0.4 is 24.8 Å². The van der Waals surface area contributed by atoms with Crippen LogP contribution in [0.3, 0.4) is 0 Å². The summed E-state index contributed by atoms with van der Waals surface area (Å²) < 4.78 is 46.2. The Morgan fingerprint density at radius 1 is 1.00 bits per heavy atom. The Morgan fingerprint density at radius 2 is 1.80 bits per heavy atom. The molecule has 3 N–H and O–H groups in total. The van der Waals surface area contributed by atoms with E-state index in [4.69, 9.17) is 24.2 Å². The smallest absolute Gasteiger partial charge is 0.259 e. The van der Waals surface area contributed by atoms with Gasteiger partial charge < -0.3 is 29.7 Å². The third kappa shape index (κ3) is 7.88. The number of allylic oxidation sites excluding steroid dienone is 1. The SMILES string of the molecule is COc1ccc2c(O[C@@H]3C[C@H]4C(=O)N[C@@]5(C(=O)NS(=O)(=O)C6CC6)C[C@H]5/C=C/CCCCC[C@H](NC(=O)C5(OC)CC5)C(=O)N4C3)cc(-c3nc(C4CC4)cs3)nc2c1C. The molecule has 3 aromatic rings. The van der Waals surface area contributed by atoms with Gasteiger partial charge in [0.2, 0.25) is 21.8 Å². The van der Waals surface area contributed by atoms with Crippen LogP contribution >= 0.6 is 11.3 Å². The zero-order chi connectivity index (χ0) is 42.0. The van der Waals surface area contributed by atoms with Gasteiger partial charge in [-0.3, -0.25) is 23.9 Å². The number of benzene rings is 1. The van der Waals surface area contributed by atoms with E-state index in [0.717, 1.165) is 47.3 Å². The molecule has 9 rings (SSSR count). The molecule has 6 aliphatic rings. The first-order valence-corrected chi connectivity index (χ1v) is 23.6. The van der Waals surface area contributed by atoms with Gasteiger partial charge in [-0.05, 0) is 83.3 Å². The first-order valence-electron chi connectivity index (χ1n) is 21.2. The van der Waals surface area contributed by atoms with Crippen molar-refractivity contribution < 1.29 is 41.8 Å². The number of carbonyl (C=O) groups excluding carboxylic acids is 4. The quantitative estimate of drug-likeness (QED) is 0.229. The molecule has 0 radical (unpaired) electrons. The molecule has 4 amide bonds. The summed E-state index contributed by atoms with van der Waals surface area (Å²) in [6.07, 6.45) is 11.0. The number of methoxy groups -OCH3 is 2. The van der Waals surface area contributed by atoms with E-state index < -0.39 is 68.2 Å². The van der Waals surface area contributed by atoms with Gasteiger partial charge >= 0.3 is 0 Å². The molecule has 60 heavy (non-hydrogen) atoms. The minimum Gasteiger partial charge on any atom is -0.496 e. The Labute approximate surface area is 353 Å². The molecule has 5 atom stereocenters. The zero-order valence-electron chi connectivity index (χ0n) is 34.2. The number of amides is 4. The number of ether oxygens (including phenoxy) is 3. The van der Waals surface area contributed by atoms with E-state index in [1.807, 2.05) is 37.3 Å². The summed E-state index contributed by atoms with van der Waals surface area (Å²) in [6.45, 7) is 1.94. The molecule has 5 fully saturated rings. The number of pyridine rings is 1. The van der Waals surface area contributed by atoms with Gasteiger partial charge in [0.05, 0.1) is 30.1 Å². The van der Waals surface area contributed by atoms with Crippen LogP contribution in [0.25, 0.3) is 21.6 Å². The van der Waals surface area contributed by atoms with Gasteiger partial charge in [0, 0.05) is 47.8 Å². The number of thiazole rings is 1. The Morgan fingerprint density at radius 3 is 2.52 bits per heavy atom. The van der Waals surface area contributed by atoms with E-state index >= 15 is 0 Å². The van der Waals surface area contributed by atoms with Crippen molar-refractivity contribution in [2.75, 3.05) is 20.8 Å². The third-order valence-corrected chi connectivity index (χ3v) is 15.8. The zero-order valence-corrected chi connectivity index (χ0v) is 35.8. The first-order chi connectivity index (χ1) is 28.8. The molecule has 0 unspecified atom stereocenters. The molecule has 17 heteroatoms. The lowest BCUT2D eigenvalue weighted by molar-refractivity contribution is -0.144. The normalized spacial score (nSPS) is 28.4. The number of nitrogens with zero attached hydrogens (tertiary/aromatic N) is 3. The number of rotatable bonds is 11. The third-order valence-electron chi connectivity index (χ3n) is 13.1. The highest BCUT2D eigenvalue weighted by molar-refractivity contribution is 7.91. The molecule has 4 aliphatic carbocycles. The second-order valence-corrected chi connectivity index (χ2v) is 20.2. The molecule has 4 heterocycles. The van der Waals surface area contributed by atoms with Crippen LogP contribution in [0, 0.1) is 12.8 Å². The minimum absolute atomic E-state index is 0.00860. The summed E-state index contributed by atoms with van der Waals surface area (Å²) in [5.41, 5.74) is 0.685. The van der Waals surface area contributed by atoms with Gasteiger partial charge in [0.15, 0.2) is 0 Å². The molecule has 320 valence electrons. The summed E-state index contributed by atoms with van der Waals surface area (Å²) in [5.74, 6) is -0.980. The number of carbonyl (C=O) groups is 4. The number of sulfonamides is 1. The highest BCUT2D eigenvalue weighted by atomic mass is 32.2. The van der Waals surface area contributed by atoms with E-state index in [2.05, 4.69) is 20.7 Å². The Kier molecular flexibility index (Phi) is 10.7. The predicted octanol–water partition coefficient (Wildman–Crippen LogP) is 4.57. The van der Waals surface area contributed by atoms with E-state index in [0.29, 0.717) is 73.6 Å². The fourth-order valence-corrected chi connectivity index (χ4v) is 11.0. The van der Waals surface area contributed by atoms with E-state index in [-0.39, 0.29) is 25.3 Å². The van der Waals surface area contributed by atoms with Crippen molar-refractivity contribution in [3.8, 4) is 22.2 Å². The average molecular weight is 861 g/mol. The molecular formula is C43H52N6O9S2. The molecule has 1 saturated heterocycles. The molecule has 15 nitrogen and oxygen atoms in total. The number of aryl methyl sites for hydroxylation is 1. The summed E-state index contributed by atoms with van der Waals surface area (Å²) >= 11 is 1.52. The van der Waals surface area contributed by atoms with E-state index in [1.165, 1.54) is 23.3 Å². The maximum Gasteiger partial charge on any atom is 0.259 e. The van der Waals surface area contributed by atoms with Crippen molar-refractivity contribution in [3.63, 3.8) is 0 Å². The predicted molar refractivity (Wildman–Crippen MR) is 223 cm³/mol. The molecule has 2 aromatic heterocycles. The van der Waals surface area contributed by atoms with Crippen LogP contribution in [0.4, 0.5) is 0 Å². The van der Waals surface area contributed by atoms with Crippen molar-refractivity contribution >= 4 is 55.9 Å². The lowest BCUT2D eigenvalue weighted by atomic mass is 10.0. The van der Waals surface area contributed by atoms with Crippen molar-refractivity contribution in [1.82, 2.24) is 30.2 Å². The number of hydrogen-bond donors (Lipinski definition) is 3. The Balaban J connectivity index is 1.06. The fourth-order valence-electron chi connectivity index (χ4n) is 8.73. The summed E-state index contributed by atoms with van der Waals surface area (Å²) in [7, 11) is -0.811. The fraction of sp³-hybridized carbons (Fsp3) is 0.581. The van der Waals surface area contributed by atoms with Gasteiger partial charge in [-0.2, -0.15) is 0 Å². The lowest BCUT2D eigenvalue weighted by Gasteiger charge is -2.30. The number of aromatic nitrogens is 2. The van der Waals surface area contributed by atoms with Crippen LogP contribution in [0.15, 0.2) is 35.7 Å². The summed E-state index contributed by atoms with van der Waals surface area (Å²) in [5, 5.41) is 8.83. The van der Waals surface area contributed by atoms with E-state index in [1.54, 1.807) is 7.11 Å². The van der Waals surface area contributed by atoms with Gasteiger partial charge in [0.1, 0.15) is 51.5 Å². The second-order valence-electron chi connectivity index (χ2n) is 17.4. The summed E-state index contributed by atoms with van der Waals surface area (Å²) in [6, 6.07) is 3.54. The van der Waals surface area contributed by atoms with Crippen LogP contribution in [0.1, 0.15) is 101 Å². The van der Waals surface area contributed by atoms with Crippen LogP contribution in [0.5, 0.6) is 11.5 Å². The van der Waals surface area contributed by atoms with Gasteiger partial charge in [0.25, 0.3) is 11.8 Å². The standard InChI is InChI=1S/C43H52N6O9S2/c1-24-34(56-2)16-15-29-35(20-31(44-36(24)29)38-45-32(23-59-38)25-11-12-25)58-27-19-33-37(50)47-43(41(53)48-60(54,55)28-13-14-28)21-26(43)9-7-5-4-6-8-10-30(39(51)49(33)22-27)46-40(52)42(57-3)17-18-42/h7,9,15-16,20,23,25-28,30,33H,4-6,8,10-14,17-19,21-22H2,1-3H3,(H,46,52)(H,47,50)(H,48,53)/b9-7+/t26-,27-,30+,33+,43+/m1/s1. The minimum atomic E-state index is -3.90.